The first-order chi connectivity index (χ1) is 14.1. The number of nitrogens with two attached hydrogens (primary N) is 1. The van der Waals surface area contributed by atoms with E-state index in [4.69, 9.17) is 5.73 Å². The summed E-state index contributed by atoms with van der Waals surface area (Å²) in [4.78, 5) is 17.6. The predicted molar refractivity (Wildman–Crippen MR) is 122 cm³/mol. The van der Waals surface area contributed by atoms with E-state index in [1.54, 1.807) is 0 Å². The van der Waals surface area contributed by atoms with Crippen LogP contribution >= 0.6 is 0 Å². The van der Waals surface area contributed by atoms with Gasteiger partial charge in [0.2, 0.25) is 0 Å². The molecule has 0 saturated carbocycles. The molecule has 5 heteroatoms. The molecule has 0 aromatic heterocycles. The Morgan fingerprint density at radius 2 is 1.86 bits per heavy atom. The Balaban J connectivity index is 1.58. The topological polar surface area (TPSA) is 61.6 Å². The number of benzene rings is 1. The third-order valence-corrected chi connectivity index (χ3v) is 6.22. The monoisotopic (exact) mass is 398 g/mol. The highest BCUT2D eigenvalue weighted by Crippen LogP contribution is 2.26. The summed E-state index contributed by atoms with van der Waals surface area (Å²) in [5.41, 5.74) is 9.70. The molecule has 0 aliphatic carbocycles. The van der Waals surface area contributed by atoms with Gasteiger partial charge in [-0.3, -0.25) is 4.79 Å². The molecule has 160 valence electrons. The zero-order valence-electron chi connectivity index (χ0n) is 18.3. The van der Waals surface area contributed by atoms with E-state index in [1.807, 2.05) is 23.1 Å². The van der Waals surface area contributed by atoms with Gasteiger partial charge < -0.3 is 20.9 Å². The van der Waals surface area contributed by atoms with E-state index >= 15 is 0 Å². The van der Waals surface area contributed by atoms with Crippen molar-refractivity contribution in [1.82, 2.24) is 9.80 Å². The minimum atomic E-state index is 0.109. The van der Waals surface area contributed by atoms with E-state index in [1.165, 1.54) is 38.0 Å². The molecule has 1 amide bonds. The summed E-state index contributed by atoms with van der Waals surface area (Å²) in [5, 5.41) is 3.44. The van der Waals surface area contributed by atoms with Crippen molar-refractivity contribution in [3.8, 4) is 0 Å². The second-order valence-corrected chi connectivity index (χ2v) is 8.43. The molecule has 0 spiro atoms. The molecule has 2 aliphatic rings. The number of nitrogens with zero attached hydrogens (tertiary/aromatic N) is 2. The number of allylic oxidation sites excluding steroid dienone is 2. The summed E-state index contributed by atoms with van der Waals surface area (Å²) in [6.07, 6.45) is 11.5. The molecule has 0 unspecified atom stereocenters. The molecule has 2 aliphatic heterocycles. The highest BCUT2D eigenvalue weighted by molar-refractivity contribution is 5.96. The summed E-state index contributed by atoms with van der Waals surface area (Å²) in [6, 6.07) is 6.34. The van der Waals surface area contributed by atoms with Crippen LogP contribution in [0.15, 0.2) is 30.0 Å². The SMILES string of the molecule is CC/C=C(/CCC)Nc1ccc(C(=O)N2CCC(N3CCCCC3)CC2)cc1N. The van der Waals surface area contributed by atoms with Crippen molar-refractivity contribution >= 4 is 17.3 Å². The van der Waals surface area contributed by atoms with Crippen LogP contribution in [0.4, 0.5) is 11.4 Å². The molecule has 5 nitrogen and oxygen atoms in total. The zero-order chi connectivity index (χ0) is 20.6. The number of carbonyl (C=O) groups is 1. The van der Waals surface area contributed by atoms with Crippen molar-refractivity contribution in [1.29, 1.82) is 0 Å². The summed E-state index contributed by atoms with van der Waals surface area (Å²) < 4.78 is 0. The highest BCUT2D eigenvalue weighted by Gasteiger charge is 2.28. The first-order valence-corrected chi connectivity index (χ1v) is 11.5. The van der Waals surface area contributed by atoms with E-state index < -0.39 is 0 Å². The van der Waals surface area contributed by atoms with Crippen molar-refractivity contribution in [2.24, 2.45) is 0 Å². The van der Waals surface area contributed by atoms with E-state index in [0.717, 1.165) is 50.9 Å². The lowest BCUT2D eigenvalue weighted by Gasteiger charge is -2.40. The first kappa shape index (κ1) is 21.7. The van der Waals surface area contributed by atoms with Crippen LogP contribution in [-0.4, -0.2) is 47.9 Å². The summed E-state index contributed by atoms with van der Waals surface area (Å²) >= 11 is 0. The molecule has 2 saturated heterocycles. The molecule has 3 rings (SSSR count). The fraction of sp³-hybridized carbons (Fsp3) is 0.625. The average molecular weight is 399 g/mol. The van der Waals surface area contributed by atoms with Crippen molar-refractivity contribution in [3.05, 3.63) is 35.5 Å². The summed E-state index contributed by atoms with van der Waals surface area (Å²) in [5.74, 6) is 0.109. The maximum absolute atomic E-state index is 13.0. The number of likely N-dealkylation sites (tertiary alicyclic amines) is 2. The number of rotatable bonds is 7. The van der Waals surface area contributed by atoms with E-state index in [0.29, 0.717) is 17.3 Å². The lowest BCUT2D eigenvalue weighted by molar-refractivity contribution is 0.0590. The van der Waals surface area contributed by atoms with Gasteiger partial charge in [-0.2, -0.15) is 0 Å². The number of nitrogen functional groups attached to an aromatic ring is 1. The van der Waals surface area contributed by atoms with Crippen LogP contribution < -0.4 is 11.1 Å². The van der Waals surface area contributed by atoms with Crippen molar-refractivity contribution in [2.45, 2.75) is 71.3 Å². The van der Waals surface area contributed by atoms with Gasteiger partial charge in [-0.25, -0.2) is 0 Å². The maximum Gasteiger partial charge on any atom is 0.253 e. The molecular weight excluding hydrogens is 360 g/mol. The van der Waals surface area contributed by atoms with Gasteiger partial charge in [-0.05, 0) is 69.8 Å². The number of anilines is 2. The second kappa shape index (κ2) is 10.7. The predicted octanol–water partition coefficient (Wildman–Crippen LogP) is 4.87. The number of nitrogens with one attached hydrogen (secondary N) is 1. The Labute approximate surface area is 176 Å². The molecule has 0 atom stereocenters. The summed E-state index contributed by atoms with van der Waals surface area (Å²) in [7, 11) is 0. The first-order valence-electron chi connectivity index (χ1n) is 11.5. The Morgan fingerprint density at radius 1 is 1.14 bits per heavy atom. The van der Waals surface area contributed by atoms with E-state index in [2.05, 4.69) is 30.1 Å². The number of carbonyl (C=O) groups excluding carboxylic acids is 1. The van der Waals surface area contributed by atoms with E-state index in [-0.39, 0.29) is 5.91 Å². The minimum Gasteiger partial charge on any atom is -0.397 e. The van der Waals surface area contributed by atoms with E-state index in [9.17, 15) is 4.79 Å². The molecule has 0 radical (unpaired) electrons. The van der Waals surface area contributed by atoms with Gasteiger partial charge in [0.1, 0.15) is 0 Å². The molecule has 0 bridgehead atoms. The quantitative estimate of drug-likeness (QED) is 0.644. The number of piperidine rings is 2. The third-order valence-electron chi connectivity index (χ3n) is 6.22. The molecule has 2 fully saturated rings. The zero-order valence-corrected chi connectivity index (χ0v) is 18.3. The van der Waals surface area contributed by atoms with Crippen molar-refractivity contribution < 1.29 is 4.79 Å². The smallest absolute Gasteiger partial charge is 0.253 e. The van der Waals surface area contributed by atoms with Crippen LogP contribution in [0.2, 0.25) is 0 Å². The van der Waals surface area contributed by atoms with Crippen LogP contribution in [-0.2, 0) is 0 Å². The second-order valence-electron chi connectivity index (χ2n) is 8.43. The van der Waals surface area contributed by atoms with Gasteiger partial charge in [0, 0.05) is 30.4 Å². The largest absolute Gasteiger partial charge is 0.397 e. The molecular formula is C24H38N4O. The minimum absolute atomic E-state index is 0.109. The maximum atomic E-state index is 13.0. The van der Waals surface area contributed by atoms with Crippen molar-refractivity contribution in [2.75, 3.05) is 37.2 Å². The van der Waals surface area contributed by atoms with Crippen molar-refractivity contribution in [3.63, 3.8) is 0 Å². The van der Waals surface area contributed by atoms with Gasteiger partial charge in [-0.15, -0.1) is 0 Å². The van der Waals surface area contributed by atoms with Crippen LogP contribution in [0, 0.1) is 0 Å². The Kier molecular flexibility index (Phi) is 7.99. The number of amides is 1. The molecule has 3 N–H and O–H groups in total. The number of hydrogen-bond acceptors (Lipinski definition) is 4. The Bertz CT molecular complexity index is 701. The van der Waals surface area contributed by atoms with Gasteiger partial charge in [0.25, 0.3) is 5.91 Å². The normalized spacial score (nSPS) is 19.4. The van der Waals surface area contributed by atoms with Gasteiger partial charge in [0.15, 0.2) is 0 Å². The molecule has 29 heavy (non-hydrogen) atoms. The Hall–Kier alpha value is -2.01. The average Bonchev–Trinajstić information content (AvgIpc) is 2.76. The van der Waals surface area contributed by atoms with Gasteiger partial charge >= 0.3 is 0 Å². The van der Waals surface area contributed by atoms with Gasteiger partial charge in [0.05, 0.1) is 11.4 Å². The fourth-order valence-electron chi connectivity index (χ4n) is 4.61. The fourth-order valence-corrected chi connectivity index (χ4v) is 4.61. The standard InChI is InChI=1S/C24H38N4O/c1-3-8-20(9-4-2)26-23-11-10-19(18-22(23)25)24(29)28-16-12-21(13-17-28)27-14-6-5-7-15-27/h8,10-11,18,21,26H,3-7,9,12-17,25H2,1-2H3/b20-8-. The van der Waals surface area contributed by atoms with Gasteiger partial charge in [-0.1, -0.05) is 32.8 Å². The molecule has 1 aromatic carbocycles. The molecule has 2 heterocycles. The molecule has 1 aromatic rings. The summed E-state index contributed by atoms with van der Waals surface area (Å²) in [6.45, 7) is 8.47. The lowest BCUT2D eigenvalue weighted by atomic mass is 9.99. The lowest BCUT2D eigenvalue weighted by Crippen LogP contribution is -2.48. The highest BCUT2D eigenvalue weighted by atomic mass is 16.2. The Morgan fingerprint density at radius 3 is 2.48 bits per heavy atom. The third kappa shape index (κ3) is 5.75. The number of hydrogen-bond donors (Lipinski definition) is 2. The van der Waals surface area contributed by atoms with Crippen LogP contribution in [0.3, 0.4) is 0 Å². The van der Waals surface area contributed by atoms with Crippen LogP contribution in [0.5, 0.6) is 0 Å². The van der Waals surface area contributed by atoms with Crippen LogP contribution in [0.25, 0.3) is 0 Å². The van der Waals surface area contributed by atoms with Crippen LogP contribution in [0.1, 0.15) is 75.6 Å².